The second-order valence-electron chi connectivity index (χ2n) is 6.82. The maximum atomic E-state index is 12.7. The molecule has 0 radical (unpaired) electrons. The number of aryl methyl sites for hydroxylation is 1. The zero-order valence-corrected chi connectivity index (χ0v) is 16.4. The minimum Gasteiger partial charge on any atom is -0.336 e. The lowest BCUT2D eigenvalue weighted by Gasteiger charge is -2.33. The molecule has 5 nitrogen and oxygen atoms in total. The van der Waals surface area contributed by atoms with E-state index in [0.717, 1.165) is 30.6 Å². The summed E-state index contributed by atoms with van der Waals surface area (Å²) >= 11 is 0. The molecular weight excluding hydrogens is 338 g/mol. The monoisotopic (exact) mass is 367 g/mol. The van der Waals surface area contributed by atoms with E-state index >= 15 is 0 Å². The molecule has 1 fully saturated rings. The van der Waals surface area contributed by atoms with E-state index in [2.05, 4.69) is 17.6 Å². The van der Waals surface area contributed by atoms with Crippen molar-refractivity contribution in [3.63, 3.8) is 0 Å². The molecule has 2 atom stereocenters. The standard InChI is InChI=1S/C19H29N3O2.ClH/c1-13-11-16(19(24)22-10-6-5-7-15(22)3)8-9-17(13)21-18(23)14(2)12-20-4;/h8-9,11,14-15,20H,5-7,10,12H2,1-4H3,(H,21,23);1H. The molecule has 0 aromatic heterocycles. The maximum Gasteiger partial charge on any atom is 0.254 e. The molecule has 6 heteroatoms. The number of rotatable bonds is 5. The van der Waals surface area contributed by atoms with Gasteiger partial charge in [-0.25, -0.2) is 0 Å². The van der Waals surface area contributed by atoms with Gasteiger partial charge in [0.25, 0.3) is 5.91 Å². The van der Waals surface area contributed by atoms with Crippen molar-refractivity contribution >= 4 is 29.9 Å². The van der Waals surface area contributed by atoms with E-state index in [1.807, 2.05) is 44.0 Å². The minimum atomic E-state index is -0.107. The molecule has 1 aliphatic rings. The zero-order chi connectivity index (χ0) is 17.7. The van der Waals surface area contributed by atoms with Crippen LogP contribution in [0.5, 0.6) is 0 Å². The van der Waals surface area contributed by atoms with Crippen molar-refractivity contribution in [2.75, 3.05) is 25.5 Å². The van der Waals surface area contributed by atoms with Crippen LogP contribution in [0.3, 0.4) is 0 Å². The Balaban J connectivity index is 0.00000312. The van der Waals surface area contributed by atoms with Gasteiger partial charge in [-0.2, -0.15) is 0 Å². The molecule has 1 aromatic rings. The van der Waals surface area contributed by atoms with Gasteiger partial charge in [0.2, 0.25) is 5.91 Å². The zero-order valence-electron chi connectivity index (χ0n) is 15.6. The second-order valence-corrected chi connectivity index (χ2v) is 6.82. The molecule has 0 bridgehead atoms. The van der Waals surface area contributed by atoms with E-state index in [-0.39, 0.29) is 30.1 Å². The van der Waals surface area contributed by atoms with Gasteiger partial charge in [-0.15, -0.1) is 12.4 Å². The summed E-state index contributed by atoms with van der Waals surface area (Å²) in [5.74, 6) is -0.0344. The van der Waals surface area contributed by atoms with Crippen LogP contribution >= 0.6 is 12.4 Å². The fourth-order valence-corrected chi connectivity index (χ4v) is 3.16. The normalized spacial score (nSPS) is 18.2. The van der Waals surface area contributed by atoms with E-state index in [9.17, 15) is 9.59 Å². The molecule has 1 aromatic carbocycles. The molecule has 140 valence electrons. The van der Waals surface area contributed by atoms with Gasteiger partial charge >= 0.3 is 0 Å². The number of nitrogens with zero attached hydrogens (tertiary/aromatic N) is 1. The fraction of sp³-hybridized carbons (Fsp3) is 0.579. The molecule has 25 heavy (non-hydrogen) atoms. The van der Waals surface area contributed by atoms with Crippen molar-refractivity contribution in [3.05, 3.63) is 29.3 Å². The van der Waals surface area contributed by atoms with Crippen molar-refractivity contribution in [2.24, 2.45) is 5.92 Å². The molecule has 0 aliphatic carbocycles. The first-order valence-corrected chi connectivity index (χ1v) is 8.81. The number of benzene rings is 1. The van der Waals surface area contributed by atoms with Crippen molar-refractivity contribution in [3.8, 4) is 0 Å². The van der Waals surface area contributed by atoms with Crippen molar-refractivity contribution < 1.29 is 9.59 Å². The summed E-state index contributed by atoms with van der Waals surface area (Å²) in [6, 6.07) is 5.83. The van der Waals surface area contributed by atoms with Gasteiger partial charge in [-0.05, 0) is 63.9 Å². The Bertz CT molecular complexity index is 606. The van der Waals surface area contributed by atoms with E-state index in [1.54, 1.807) is 0 Å². The number of hydrogen-bond acceptors (Lipinski definition) is 3. The lowest BCUT2D eigenvalue weighted by Crippen LogP contribution is -2.42. The van der Waals surface area contributed by atoms with E-state index < -0.39 is 0 Å². The predicted octanol–water partition coefficient (Wildman–Crippen LogP) is 3.23. The van der Waals surface area contributed by atoms with Crippen LogP contribution in [0, 0.1) is 12.8 Å². The molecule has 0 spiro atoms. The van der Waals surface area contributed by atoms with Gasteiger partial charge in [0.05, 0.1) is 0 Å². The van der Waals surface area contributed by atoms with E-state index in [0.29, 0.717) is 18.2 Å². The van der Waals surface area contributed by atoms with Gasteiger partial charge in [0.1, 0.15) is 0 Å². The number of likely N-dealkylation sites (tertiary alicyclic amines) is 1. The number of hydrogen-bond donors (Lipinski definition) is 2. The average Bonchev–Trinajstić information content (AvgIpc) is 2.56. The highest BCUT2D eigenvalue weighted by Crippen LogP contribution is 2.22. The van der Waals surface area contributed by atoms with Crippen LogP contribution in [0.2, 0.25) is 0 Å². The third kappa shape index (κ3) is 5.44. The quantitative estimate of drug-likeness (QED) is 0.839. The topological polar surface area (TPSA) is 61.4 Å². The number of carbonyl (C=O) groups excluding carboxylic acids is 2. The number of carbonyl (C=O) groups is 2. The number of piperidine rings is 1. The molecule has 1 heterocycles. The number of halogens is 1. The molecule has 2 N–H and O–H groups in total. The van der Waals surface area contributed by atoms with Crippen LogP contribution in [-0.2, 0) is 4.79 Å². The Kier molecular flexibility index (Phi) is 8.39. The average molecular weight is 368 g/mol. The van der Waals surface area contributed by atoms with Crippen molar-refractivity contribution in [1.82, 2.24) is 10.2 Å². The van der Waals surface area contributed by atoms with Gasteiger partial charge in [-0.3, -0.25) is 9.59 Å². The molecule has 1 aliphatic heterocycles. The van der Waals surface area contributed by atoms with Gasteiger partial charge in [0.15, 0.2) is 0 Å². The van der Waals surface area contributed by atoms with Crippen LogP contribution in [-0.4, -0.2) is 42.9 Å². The van der Waals surface area contributed by atoms with Crippen LogP contribution in [0.25, 0.3) is 0 Å². The summed E-state index contributed by atoms with van der Waals surface area (Å²) in [5.41, 5.74) is 2.38. The third-order valence-corrected chi connectivity index (χ3v) is 4.75. The van der Waals surface area contributed by atoms with Crippen molar-refractivity contribution in [1.29, 1.82) is 0 Å². The Morgan fingerprint density at radius 2 is 2.04 bits per heavy atom. The highest BCUT2D eigenvalue weighted by molar-refractivity contribution is 5.97. The smallest absolute Gasteiger partial charge is 0.254 e. The summed E-state index contributed by atoms with van der Waals surface area (Å²) in [4.78, 5) is 26.8. The summed E-state index contributed by atoms with van der Waals surface area (Å²) in [7, 11) is 1.83. The fourth-order valence-electron chi connectivity index (χ4n) is 3.16. The summed E-state index contributed by atoms with van der Waals surface area (Å²) < 4.78 is 0. The number of nitrogens with one attached hydrogen (secondary N) is 2. The molecular formula is C19H30ClN3O2. The van der Waals surface area contributed by atoms with E-state index in [1.165, 1.54) is 6.42 Å². The van der Waals surface area contributed by atoms with Crippen LogP contribution in [0.4, 0.5) is 5.69 Å². The van der Waals surface area contributed by atoms with Crippen LogP contribution < -0.4 is 10.6 Å². The number of anilines is 1. The SMILES string of the molecule is CNCC(C)C(=O)Nc1ccc(C(=O)N2CCCCC2C)cc1C.Cl. The Hall–Kier alpha value is -1.59. The Labute approximate surface area is 157 Å². The molecule has 0 saturated carbocycles. The summed E-state index contributed by atoms with van der Waals surface area (Å²) in [5, 5.41) is 5.95. The Morgan fingerprint density at radius 3 is 2.64 bits per heavy atom. The van der Waals surface area contributed by atoms with Gasteiger partial charge < -0.3 is 15.5 Å². The number of amides is 2. The third-order valence-electron chi connectivity index (χ3n) is 4.75. The first-order valence-electron chi connectivity index (χ1n) is 8.81. The molecule has 2 unspecified atom stereocenters. The predicted molar refractivity (Wildman–Crippen MR) is 104 cm³/mol. The maximum absolute atomic E-state index is 12.7. The van der Waals surface area contributed by atoms with E-state index in [4.69, 9.17) is 0 Å². The second kappa shape index (κ2) is 9.78. The first kappa shape index (κ1) is 21.5. The lowest BCUT2D eigenvalue weighted by atomic mass is 10.0. The molecule has 2 amide bonds. The first-order chi connectivity index (χ1) is 11.4. The summed E-state index contributed by atoms with van der Waals surface area (Å²) in [6.45, 7) is 7.39. The highest BCUT2D eigenvalue weighted by atomic mass is 35.5. The highest BCUT2D eigenvalue weighted by Gasteiger charge is 2.24. The van der Waals surface area contributed by atoms with Crippen LogP contribution in [0.1, 0.15) is 49.0 Å². The lowest BCUT2D eigenvalue weighted by molar-refractivity contribution is -0.119. The van der Waals surface area contributed by atoms with Crippen LogP contribution in [0.15, 0.2) is 18.2 Å². The van der Waals surface area contributed by atoms with Crippen molar-refractivity contribution in [2.45, 2.75) is 46.1 Å². The molecule has 2 rings (SSSR count). The minimum absolute atomic E-state index is 0. The molecule has 1 saturated heterocycles. The largest absolute Gasteiger partial charge is 0.336 e. The summed E-state index contributed by atoms with van der Waals surface area (Å²) in [6.07, 6.45) is 3.34. The Morgan fingerprint density at radius 1 is 1.32 bits per heavy atom. The van der Waals surface area contributed by atoms with Gasteiger partial charge in [0, 0.05) is 36.3 Å². The van der Waals surface area contributed by atoms with Gasteiger partial charge in [-0.1, -0.05) is 6.92 Å².